The molecule has 1 aromatic rings. The number of rotatable bonds is 4. The van der Waals surface area contributed by atoms with Crippen LogP contribution in [-0.2, 0) is 16.1 Å². The monoisotopic (exact) mass is 271 g/mol. The maximum atomic E-state index is 11.1. The molecule has 0 aliphatic carbocycles. The molecule has 0 amide bonds. The van der Waals surface area contributed by atoms with Gasteiger partial charge in [0.25, 0.3) is 0 Å². The van der Waals surface area contributed by atoms with Crippen molar-refractivity contribution in [1.29, 1.82) is 0 Å². The predicted molar refractivity (Wildman–Crippen MR) is 63.3 cm³/mol. The van der Waals surface area contributed by atoms with Gasteiger partial charge in [0.2, 0.25) is 0 Å². The van der Waals surface area contributed by atoms with Gasteiger partial charge in [-0.05, 0) is 18.6 Å². The van der Waals surface area contributed by atoms with E-state index in [-0.39, 0.29) is 12.6 Å². The third-order valence-corrected chi connectivity index (χ3v) is 2.44. The lowest BCUT2D eigenvalue weighted by atomic mass is 10.2. The van der Waals surface area contributed by atoms with Crippen molar-refractivity contribution in [2.75, 3.05) is 5.73 Å². The molecule has 0 aliphatic heterocycles. The summed E-state index contributed by atoms with van der Waals surface area (Å²) in [6, 6.07) is 5.51. The van der Waals surface area contributed by atoms with Crippen molar-refractivity contribution in [2.45, 2.75) is 26.4 Å². The molecule has 1 rings (SSSR count). The van der Waals surface area contributed by atoms with Crippen LogP contribution in [0, 0.1) is 0 Å². The lowest BCUT2D eigenvalue weighted by Crippen LogP contribution is -2.05. The van der Waals surface area contributed by atoms with Crippen molar-refractivity contribution < 1.29 is 9.53 Å². The zero-order valence-electron chi connectivity index (χ0n) is 8.63. The van der Waals surface area contributed by atoms with Crippen LogP contribution in [0.25, 0.3) is 0 Å². The summed E-state index contributed by atoms with van der Waals surface area (Å²) in [6.07, 6.45) is 1.26. The minimum absolute atomic E-state index is 0.181. The van der Waals surface area contributed by atoms with Crippen molar-refractivity contribution >= 4 is 27.6 Å². The van der Waals surface area contributed by atoms with Crippen LogP contribution >= 0.6 is 15.9 Å². The molecule has 1 aromatic carbocycles. The first kappa shape index (κ1) is 12.0. The zero-order valence-corrected chi connectivity index (χ0v) is 10.2. The van der Waals surface area contributed by atoms with E-state index in [1.807, 2.05) is 19.1 Å². The minimum atomic E-state index is -0.181. The van der Waals surface area contributed by atoms with Gasteiger partial charge in [0, 0.05) is 22.1 Å². The number of ether oxygens (including phenoxy) is 1. The molecule has 0 unspecified atom stereocenters. The fourth-order valence-electron chi connectivity index (χ4n) is 1.13. The van der Waals surface area contributed by atoms with Crippen LogP contribution in [0.3, 0.4) is 0 Å². The highest BCUT2D eigenvalue weighted by molar-refractivity contribution is 9.10. The van der Waals surface area contributed by atoms with E-state index < -0.39 is 0 Å². The van der Waals surface area contributed by atoms with Crippen LogP contribution < -0.4 is 5.73 Å². The van der Waals surface area contributed by atoms with E-state index in [9.17, 15) is 4.79 Å². The van der Waals surface area contributed by atoms with E-state index in [2.05, 4.69) is 15.9 Å². The standard InChI is InChI=1S/C11H14BrNO2/c1-2-3-11(14)15-7-8-4-5-9(12)6-10(8)13/h4-6H,2-3,7,13H2,1H3. The summed E-state index contributed by atoms with van der Waals surface area (Å²) in [7, 11) is 0. The Labute approximate surface area is 97.7 Å². The zero-order chi connectivity index (χ0) is 11.3. The van der Waals surface area contributed by atoms with E-state index in [1.165, 1.54) is 0 Å². The number of hydrogen-bond acceptors (Lipinski definition) is 3. The van der Waals surface area contributed by atoms with E-state index in [0.29, 0.717) is 12.1 Å². The lowest BCUT2D eigenvalue weighted by molar-refractivity contribution is -0.144. The van der Waals surface area contributed by atoms with Crippen molar-refractivity contribution in [3.05, 3.63) is 28.2 Å². The number of hydrogen-bond donors (Lipinski definition) is 1. The second-order valence-electron chi connectivity index (χ2n) is 3.25. The van der Waals surface area contributed by atoms with Gasteiger partial charge >= 0.3 is 5.97 Å². The van der Waals surface area contributed by atoms with Gasteiger partial charge in [-0.3, -0.25) is 4.79 Å². The first-order valence-electron chi connectivity index (χ1n) is 4.83. The molecule has 0 radical (unpaired) electrons. The maximum absolute atomic E-state index is 11.1. The van der Waals surface area contributed by atoms with Gasteiger partial charge in [0.15, 0.2) is 0 Å². The van der Waals surface area contributed by atoms with Crippen LogP contribution in [-0.4, -0.2) is 5.97 Å². The molecule has 4 heteroatoms. The molecular formula is C11H14BrNO2. The van der Waals surface area contributed by atoms with Crippen LogP contribution in [0.1, 0.15) is 25.3 Å². The van der Waals surface area contributed by atoms with Crippen molar-refractivity contribution in [3.63, 3.8) is 0 Å². The number of anilines is 1. The first-order valence-corrected chi connectivity index (χ1v) is 5.62. The van der Waals surface area contributed by atoms with Gasteiger partial charge < -0.3 is 10.5 Å². The maximum Gasteiger partial charge on any atom is 0.306 e. The molecule has 0 saturated heterocycles. The van der Waals surface area contributed by atoms with Crippen LogP contribution in [0.2, 0.25) is 0 Å². The average Bonchev–Trinajstić information content (AvgIpc) is 2.17. The molecule has 15 heavy (non-hydrogen) atoms. The number of carbonyl (C=O) groups is 1. The van der Waals surface area contributed by atoms with Crippen molar-refractivity contribution in [1.82, 2.24) is 0 Å². The van der Waals surface area contributed by atoms with Crippen LogP contribution in [0.5, 0.6) is 0 Å². The highest BCUT2D eigenvalue weighted by Gasteiger charge is 2.04. The number of nitrogens with two attached hydrogens (primary N) is 1. The minimum Gasteiger partial charge on any atom is -0.461 e. The van der Waals surface area contributed by atoms with E-state index in [4.69, 9.17) is 10.5 Å². The second-order valence-corrected chi connectivity index (χ2v) is 4.17. The van der Waals surface area contributed by atoms with E-state index in [1.54, 1.807) is 6.07 Å². The fraction of sp³-hybridized carbons (Fsp3) is 0.364. The Hall–Kier alpha value is -1.03. The molecule has 0 atom stereocenters. The summed E-state index contributed by atoms with van der Waals surface area (Å²) >= 11 is 3.31. The van der Waals surface area contributed by atoms with Gasteiger partial charge in [-0.2, -0.15) is 0 Å². The quantitative estimate of drug-likeness (QED) is 0.677. The lowest BCUT2D eigenvalue weighted by Gasteiger charge is -2.07. The molecule has 0 saturated carbocycles. The number of benzene rings is 1. The molecular weight excluding hydrogens is 258 g/mol. The summed E-state index contributed by atoms with van der Waals surface area (Å²) in [6.45, 7) is 2.19. The summed E-state index contributed by atoms with van der Waals surface area (Å²) in [5.74, 6) is -0.181. The largest absolute Gasteiger partial charge is 0.461 e. The Morgan fingerprint density at radius 3 is 2.87 bits per heavy atom. The SMILES string of the molecule is CCCC(=O)OCc1ccc(Br)cc1N. The summed E-state index contributed by atoms with van der Waals surface area (Å²) in [5, 5.41) is 0. The van der Waals surface area contributed by atoms with E-state index >= 15 is 0 Å². The van der Waals surface area contributed by atoms with Crippen molar-refractivity contribution in [2.24, 2.45) is 0 Å². The molecule has 82 valence electrons. The molecule has 3 nitrogen and oxygen atoms in total. The highest BCUT2D eigenvalue weighted by Crippen LogP contribution is 2.19. The highest BCUT2D eigenvalue weighted by atomic mass is 79.9. The first-order chi connectivity index (χ1) is 7.13. The smallest absolute Gasteiger partial charge is 0.306 e. The third kappa shape index (κ3) is 3.91. The van der Waals surface area contributed by atoms with Gasteiger partial charge in [-0.1, -0.05) is 28.9 Å². The number of carbonyl (C=O) groups excluding carboxylic acids is 1. The predicted octanol–water partition coefficient (Wildman–Crippen LogP) is 2.87. The van der Waals surface area contributed by atoms with Crippen LogP contribution in [0.15, 0.2) is 22.7 Å². The number of halogens is 1. The molecule has 0 heterocycles. The summed E-state index contributed by atoms with van der Waals surface area (Å²) < 4.78 is 5.97. The molecule has 2 N–H and O–H groups in total. The Morgan fingerprint density at radius 1 is 1.53 bits per heavy atom. The summed E-state index contributed by atoms with van der Waals surface area (Å²) in [4.78, 5) is 11.1. The van der Waals surface area contributed by atoms with Gasteiger partial charge in [-0.25, -0.2) is 0 Å². The fourth-order valence-corrected chi connectivity index (χ4v) is 1.51. The molecule has 0 fully saturated rings. The topological polar surface area (TPSA) is 52.3 Å². The summed E-state index contributed by atoms with van der Waals surface area (Å²) in [5.41, 5.74) is 7.23. The normalized spacial score (nSPS) is 10.0. The molecule has 0 bridgehead atoms. The van der Waals surface area contributed by atoms with Gasteiger partial charge in [0.05, 0.1) is 0 Å². The Morgan fingerprint density at radius 2 is 2.27 bits per heavy atom. The van der Waals surface area contributed by atoms with Crippen molar-refractivity contribution in [3.8, 4) is 0 Å². The van der Waals surface area contributed by atoms with Gasteiger partial charge in [-0.15, -0.1) is 0 Å². The third-order valence-electron chi connectivity index (χ3n) is 1.95. The second kappa shape index (κ2) is 5.75. The van der Waals surface area contributed by atoms with E-state index in [0.717, 1.165) is 16.5 Å². The Balaban J connectivity index is 2.54. The molecule has 0 aromatic heterocycles. The van der Waals surface area contributed by atoms with Gasteiger partial charge in [0.1, 0.15) is 6.61 Å². The Bertz CT molecular complexity index is 352. The van der Waals surface area contributed by atoms with Crippen LogP contribution in [0.4, 0.5) is 5.69 Å². The average molecular weight is 272 g/mol. The molecule has 0 aliphatic rings. The number of esters is 1. The Kier molecular flexibility index (Phi) is 4.62. The number of nitrogen functional groups attached to an aromatic ring is 1. The molecule has 0 spiro atoms.